The first-order valence-corrected chi connectivity index (χ1v) is 8.51. The number of anilines is 2. The summed E-state index contributed by atoms with van der Waals surface area (Å²) in [4.78, 5) is 30.1. The average molecular weight is 314 g/mol. The summed E-state index contributed by atoms with van der Waals surface area (Å²) in [6.45, 7) is 1.74. The van der Waals surface area contributed by atoms with Crippen LogP contribution in [0.2, 0.25) is 0 Å². The van der Waals surface area contributed by atoms with E-state index in [-0.39, 0.29) is 17.7 Å². The summed E-state index contributed by atoms with van der Waals surface area (Å²) in [7, 11) is 0. The number of hydrogen-bond donors (Lipinski definition) is 2. The number of amides is 2. The zero-order valence-corrected chi connectivity index (χ0v) is 13.1. The summed E-state index contributed by atoms with van der Waals surface area (Å²) in [5.74, 6) is 2.38. The molecule has 3 aliphatic rings. The van der Waals surface area contributed by atoms with Crippen molar-refractivity contribution in [2.45, 2.75) is 25.7 Å². The van der Waals surface area contributed by atoms with Gasteiger partial charge in [-0.05, 0) is 36.8 Å². The monoisotopic (exact) mass is 314 g/mol. The smallest absolute Gasteiger partial charge is 0.239 e. The maximum absolute atomic E-state index is 12.4. The molecular weight excluding hydrogens is 292 g/mol. The van der Waals surface area contributed by atoms with E-state index in [4.69, 9.17) is 0 Å². The molecule has 0 bridgehead atoms. The summed E-state index contributed by atoms with van der Waals surface area (Å²) in [5, 5.41) is 5.80. The molecule has 2 aliphatic carbocycles. The van der Waals surface area contributed by atoms with Crippen molar-refractivity contribution in [1.29, 1.82) is 0 Å². The Balaban J connectivity index is 1.37. The van der Waals surface area contributed by atoms with Gasteiger partial charge in [0.2, 0.25) is 11.8 Å². The molecule has 2 atom stereocenters. The van der Waals surface area contributed by atoms with Crippen molar-refractivity contribution in [2.24, 2.45) is 17.8 Å². The van der Waals surface area contributed by atoms with E-state index in [1.54, 1.807) is 6.20 Å². The second-order valence-corrected chi connectivity index (χ2v) is 6.80. The quantitative estimate of drug-likeness (QED) is 0.884. The highest BCUT2D eigenvalue weighted by Gasteiger charge is 2.54. The molecule has 2 heterocycles. The number of piperazine rings is 1. The molecule has 3 fully saturated rings. The second-order valence-electron chi connectivity index (χ2n) is 6.80. The fraction of sp³-hybridized carbons (Fsp3) is 0.588. The van der Waals surface area contributed by atoms with Crippen LogP contribution in [-0.2, 0) is 9.59 Å². The number of nitrogens with one attached hydrogen (secondary N) is 2. The van der Waals surface area contributed by atoms with Crippen molar-refractivity contribution in [3.63, 3.8) is 0 Å². The van der Waals surface area contributed by atoms with E-state index in [0.717, 1.165) is 18.1 Å². The zero-order valence-electron chi connectivity index (χ0n) is 13.1. The largest absolute Gasteiger partial charge is 0.353 e. The molecule has 122 valence electrons. The molecule has 2 amide bonds. The van der Waals surface area contributed by atoms with Crippen molar-refractivity contribution >= 4 is 23.3 Å². The van der Waals surface area contributed by atoms with Crippen molar-refractivity contribution < 1.29 is 9.59 Å². The third-order valence-corrected chi connectivity index (χ3v) is 5.34. The minimum absolute atomic E-state index is 0.0202. The maximum atomic E-state index is 12.4. The Kier molecular flexibility index (Phi) is 3.67. The maximum Gasteiger partial charge on any atom is 0.239 e. The molecule has 4 rings (SSSR count). The molecule has 6 nitrogen and oxygen atoms in total. The molecular formula is C17H22N4O2. The average Bonchev–Trinajstić information content (AvgIpc) is 3.30. The van der Waals surface area contributed by atoms with E-state index in [9.17, 15) is 9.59 Å². The highest BCUT2D eigenvalue weighted by Crippen LogP contribution is 2.55. The Labute approximate surface area is 135 Å². The van der Waals surface area contributed by atoms with E-state index >= 15 is 0 Å². The normalized spacial score (nSPS) is 29.5. The van der Waals surface area contributed by atoms with Crippen LogP contribution in [0.25, 0.3) is 0 Å². The van der Waals surface area contributed by atoms with Gasteiger partial charge in [0.05, 0.1) is 18.4 Å². The highest BCUT2D eigenvalue weighted by atomic mass is 16.2. The number of hydrogen-bond acceptors (Lipinski definition) is 4. The van der Waals surface area contributed by atoms with Crippen LogP contribution in [-0.4, -0.2) is 36.4 Å². The first kappa shape index (κ1) is 14.5. The van der Waals surface area contributed by atoms with Gasteiger partial charge in [0.1, 0.15) is 5.82 Å². The third kappa shape index (κ3) is 2.90. The molecule has 1 aromatic heterocycles. The standard InChI is InChI=1S/C17H22N4O2/c22-15-10-21(8-7-18-15)14-6-5-11(9-19-14)20-17(23)16-12-3-1-2-4-13(12)16/h5-6,9,12-13,16H,1-4,7-8,10H2,(H,18,22)(H,20,23)/t12-,13-/m0/s1. The van der Waals surface area contributed by atoms with Gasteiger partial charge < -0.3 is 15.5 Å². The van der Waals surface area contributed by atoms with Crippen LogP contribution in [0.5, 0.6) is 0 Å². The molecule has 2 N–H and O–H groups in total. The molecule has 1 saturated heterocycles. The van der Waals surface area contributed by atoms with Gasteiger partial charge in [-0.2, -0.15) is 0 Å². The van der Waals surface area contributed by atoms with Crippen LogP contribution in [0.4, 0.5) is 11.5 Å². The number of fused-ring (bicyclic) bond motifs is 1. The van der Waals surface area contributed by atoms with Gasteiger partial charge >= 0.3 is 0 Å². The van der Waals surface area contributed by atoms with Crippen molar-refractivity contribution in [2.75, 3.05) is 29.9 Å². The third-order valence-electron chi connectivity index (χ3n) is 5.34. The summed E-state index contributed by atoms with van der Waals surface area (Å²) in [6.07, 6.45) is 6.63. The summed E-state index contributed by atoms with van der Waals surface area (Å²) < 4.78 is 0. The first-order valence-electron chi connectivity index (χ1n) is 8.51. The van der Waals surface area contributed by atoms with E-state index in [2.05, 4.69) is 15.6 Å². The fourth-order valence-electron chi connectivity index (χ4n) is 4.09. The summed E-state index contributed by atoms with van der Waals surface area (Å²) >= 11 is 0. The second kappa shape index (κ2) is 5.83. The van der Waals surface area contributed by atoms with Gasteiger partial charge in [-0.3, -0.25) is 9.59 Å². The molecule has 1 aromatic rings. The van der Waals surface area contributed by atoms with Crippen LogP contribution in [0, 0.1) is 17.8 Å². The number of nitrogens with zero attached hydrogens (tertiary/aromatic N) is 2. The number of carbonyl (C=O) groups excluding carboxylic acids is 2. The van der Waals surface area contributed by atoms with Gasteiger partial charge in [0, 0.05) is 19.0 Å². The van der Waals surface area contributed by atoms with Crippen LogP contribution >= 0.6 is 0 Å². The lowest BCUT2D eigenvalue weighted by Crippen LogP contribution is -2.48. The van der Waals surface area contributed by atoms with Gasteiger partial charge in [-0.1, -0.05) is 12.8 Å². The lowest BCUT2D eigenvalue weighted by molar-refractivity contribution is -0.120. The summed E-state index contributed by atoms with van der Waals surface area (Å²) in [6, 6.07) is 3.74. The van der Waals surface area contributed by atoms with E-state index in [1.165, 1.54) is 25.7 Å². The summed E-state index contributed by atoms with van der Waals surface area (Å²) in [5.41, 5.74) is 0.740. The number of carbonyl (C=O) groups is 2. The molecule has 0 aromatic carbocycles. The van der Waals surface area contributed by atoms with Gasteiger partial charge in [0.15, 0.2) is 0 Å². The predicted molar refractivity (Wildman–Crippen MR) is 87.0 cm³/mol. The SMILES string of the molecule is O=C1CN(c2ccc(NC(=O)C3[C@H]4CCCC[C@H]34)cn2)CCN1. The van der Waals surface area contributed by atoms with E-state index < -0.39 is 0 Å². The molecule has 1 aliphatic heterocycles. The van der Waals surface area contributed by atoms with Crippen LogP contribution in [0.1, 0.15) is 25.7 Å². The van der Waals surface area contributed by atoms with Crippen molar-refractivity contribution in [1.82, 2.24) is 10.3 Å². The molecule has 0 radical (unpaired) electrons. The Bertz CT molecular complexity index is 604. The topological polar surface area (TPSA) is 74.3 Å². The number of pyridine rings is 1. The van der Waals surface area contributed by atoms with E-state index in [0.29, 0.717) is 24.9 Å². The van der Waals surface area contributed by atoms with Crippen molar-refractivity contribution in [3.8, 4) is 0 Å². The van der Waals surface area contributed by atoms with Gasteiger partial charge in [-0.15, -0.1) is 0 Å². The van der Waals surface area contributed by atoms with Crippen LogP contribution in [0.15, 0.2) is 18.3 Å². The minimum Gasteiger partial charge on any atom is -0.353 e. The molecule has 0 spiro atoms. The van der Waals surface area contributed by atoms with Crippen LogP contribution in [0.3, 0.4) is 0 Å². The molecule has 23 heavy (non-hydrogen) atoms. The Morgan fingerprint density at radius 1 is 1.26 bits per heavy atom. The van der Waals surface area contributed by atoms with Crippen molar-refractivity contribution in [3.05, 3.63) is 18.3 Å². The molecule has 0 unspecified atom stereocenters. The minimum atomic E-state index is 0.0202. The van der Waals surface area contributed by atoms with Gasteiger partial charge in [0.25, 0.3) is 0 Å². The molecule has 2 saturated carbocycles. The lowest BCUT2D eigenvalue weighted by atomic mass is 10.0. The Morgan fingerprint density at radius 2 is 2.04 bits per heavy atom. The Hall–Kier alpha value is -2.11. The number of aromatic nitrogens is 1. The van der Waals surface area contributed by atoms with E-state index in [1.807, 2.05) is 17.0 Å². The predicted octanol–water partition coefficient (Wildman–Crippen LogP) is 1.39. The van der Waals surface area contributed by atoms with Crippen LogP contribution < -0.4 is 15.5 Å². The Morgan fingerprint density at radius 3 is 2.70 bits per heavy atom. The molecule has 6 heteroatoms. The zero-order chi connectivity index (χ0) is 15.8. The highest BCUT2D eigenvalue weighted by molar-refractivity contribution is 5.94. The lowest BCUT2D eigenvalue weighted by Gasteiger charge is -2.27. The first-order chi connectivity index (χ1) is 11.2. The fourth-order valence-corrected chi connectivity index (χ4v) is 4.09. The van der Waals surface area contributed by atoms with Gasteiger partial charge in [-0.25, -0.2) is 4.98 Å². The number of rotatable bonds is 3.